The Morgan fingerprint density at radius 1 is 0.895 bits per heavy atom. The first kappa shape index (κ1) is 29.6. The highest BCUT2D eigenvalue weighted by Crippen LogP contribution is 2.25. The molecule has 3 aromatic rings. The van der Waals surface area contributed by atoms with E-state index in [4.69, 9.17) is 0 Å². The number of anilines is 1. The van der Waals surface area contributed by atoms with Gasteiger partial charge in [-0.05, 0) is 76.9 Å². The average molecular weight is 648 g/mol. The van der Waals surface area contributed by atoms with Crippen LogP contribution in [0.25, 0.3) is 0 Å². The Kier molecular flexibility index (Phi) is 10.7. The zero-order valence-electron chi connectivity index (χ0n) is 21.9. The Morgan fingerprint density at radius 2 is 1.47 bits per heavy atom. The normalized spacial score (nSPS) is 12.1. The largest absolute Gasteiger partial charge is 0.354 e. The second-order valence-electron chi connectivity index (χ2n) is 9.37. The summed E-state index contributed by atoms with van der Waals surface area (Å²) in [5.74, 6) is -0.460. The second kappa shape index (κ2) is 13.7. The highest BCUT2D eigenvalue weighted by molar-refractivity contribution is 14.1. The molecule has 0 saturated carbocycles. The first-order valence-corrected chi connectivity index (χ1v) is 15.1. The predicted molar refractivity (Wildman–Crippen MR) is 159 cm³/mol. The van der Waals surface area contributed by atoms with E-state index in [1.165, 1.54) is 17.0 Å². The molecule has 0 spiro atoms. The first-order chi connectivity index (χ1) is 18.1. The number of halogens is 1. The molecule has 3 rings (SSSR count). The molecular weight excluding hydrogens is 613 g/mol. The van der Waals surface area contributed by atoms with Crippen molar-refractivity contribution in [2.75, 3.05) is 17.4 Å². The lowest BCUT2D eigenvalue weighted by Gasteiger charge is -2.33. The van der Waals surface area contributed by atoms with Gasteiger partial charge in [-0.1, -0.05) is 69.3 Å². The molecular formula is C29H34IN3O4S. The third-order valence-electron chi connectivity index (χ3n) is 5.99. The maximum atomic E-state index is 14.0. The Balaban J connectivity index is 2.01. The molecule has 38 heavy (non-hydrogen) atoms. The lowest BCUT2D eigenvalue weighted by atomic mass is 10.1. The van der Waals surface area contributed by atoms with E-state index in [1.807, 2.05) is 51.1 Å². The smallest absolute Gasteiger partial charge is 0.264 e. The summed E-state index contributed by atoms with van der Waals surface area (Å²) in [5, 5.41) is 2.94. The van der Waals surface area contributed by atoms with Crippen LogP contribution in [-0.4, -0.2) is 44.3 Å². The monoisotopic (exact) mass is 647 g/mol. The van der Waals surface area contributed by atoms with Gasteiger partial charge in [-0.25, -0.2) is 8.42 Å². The van der Waals surface area contributed by atoms with Crippen molar-refractivity contribution in [3.05, 3.63) is 94.1 Å². The van der Waals surface area contributed by atoms with E-state index in [1.54, 1.807) is 42.5 Å². The molecule has 1 N–H and O–H groups in total. The van der Waals surface area contributed by atoms with Crippen LogP contribution in [0.15, 0.2) is 89.8 Å². The molecule has 2 amide bonds. The maximum absolute atomic E-state index is 14.0. The van der Waals surface area contributed by atoms with Crippen LogP contribution in [0.5, 0.6) is 0 Å². The van der Waals surface area contributed by atoms with Crippen molar-refractivity contribution in [1.82, 2.24) is 10.2 Å². The van der Waals surface area contributed by atoms with Crippen molar-refractivity contribution in [2.45, 2.75) is 44.7 Å². The summed E-state index contributed by atoms with van der Waals surface area (Å²) < 4.78 is 29.6. The number of carbonyl (C=O) groups excluding carboxylic acids is 2. The zero-order chi connectivity index (χ0) is 27.7. The fourth-order valence-corrected chi connectivity index (χ4v) is 5.77. The Morgan fingerprint density at radius 3 is 2.03 bits per heavy atom. The van der Waals surface area contributed by atoms with Crippen molar-refractivity contribution in [1.29, 1.82) is 0 Å². The molecule has 0 unspecified atom stereocenters. The van der Waals surface area contributed by atoms with Gasteiger partial charge in [-0.2, -0.15) is 0 Å². The molecule has 0 aliphatic heterocycles. The van der Waals surface area contributed by atoms with Crippen LogP contribution < -0.4 is 9.62 Å². The lowest BCUT2D eigenvalue weighted by Crippen LogP contribution is -2.52. The van der Waals surface area contributed by atoms with Gasteiger partial charge in [0.2, 0.25) is 11.8 Å². The van der Waals surface area contributed by atoms with Crippen LogP contribution in [0, 0.1) is 9.49 Å². The highest BCUT2D eigenvalue weighted by Gasteiger charge is 2.33. The van der Waals surface area contributed by atoms with Crippen molar-refractivity contribution >= 4 is 50.1 Å². The van der Waals surface area contributed by atoms with Gasteiger partial charge in [0.15, 0.2) is 0 Å². The van der Waals surface area contributed by atoms with Gasteiger partial charge in [0.1, 0.15) is 12.6 Å². The minimum Gasteiger partial charge on any atom is -0.354 e. The molecule has 3 aromatic carbocycles. The number of carbonyl (C=O) groups is 2. The Hall–Kier alpha value is -2.92. The average Bonchev–Trinajstić information content (AvgIpc) is 2.92. The van der Waals surface area contributed by atoms with Crippen LogP contribution in [0.3, 0.4) is 0 Å². The van der Waals surface area contributed by atoms with E-state index in [9.17, 15) is 18.0 Å². The van der Waals surface area contributed by atoms with Gasteiger partial charge >= 0.3 is 0 Å². The lowest BCUT2D eigenvalue weighted by molar-refractivity contribution is -0.140. The third-order valence-corrected chi connectivity index (χ3v) is 8.50. The molecule has 0 aliphatic rings. The predicted octanol–water partition coefficient (Wildman–Crippen LogP) is 5.07. The molecule has 202 valence electrons. The summed E-state index contributed by atoms with van der Waals surface area (Å²) in [6.07, 6.45) is 0.386. The topological polar surface area (TPSA) is 86.8 Å². The van der Waals surface area contributed by atoms with E-state index in [-0.39, 0.29) is 23.3 Å². The number of amides is 2. The molecule has 0 fully saturated rings. The molecule has 1 atom stereocenters. The standard InChI is InChI=1S/C29H34IN3O4S/c1-4-27(29(35)31-19-22(2)3)32(20-23-11-7-5-8-12-23)28(34)21-33(25-17-15-24(30)16-18-25)38(36,37)26-13-9-6-10-14-26/h5-18,22,27H,4,19-21H2,1-3H3,(H,31,35)/t27-/m1/s1. The Labute approximate surface area is 239 Å². The van der Waals surface area contributed by atoms with Gasteiger partial charge < -0.3 is 10.2 Å². The number of nitrogens with one attached hydrogen (secondary N) is 1. The van der Waals surface area contributed by atoms with Crippen molar-refractivity contribution < 1.29 is 18.0 Å². The summed E-state index contributed by atoms with van der Waals surface area (Å²) >= 11 is 2.15. The zero-order valence-corrected chi connectivity index (χ0v) is 24.9. The van der Waals surface area contributed by atoms with Gasteiger partial charge in [0.25, 0.3) is 10.0 Å². The quantitative estimate of drug-likeness (QED) is 0.279. The van der Waals surface area contributed by atoms with Gasteiger partial charge in [-0.3, -0.25) is 13.9 Å². The van der Waals surface area contributed by atoms with Crippen LogP contribution in [0.2, 0.25) is 0 Å². The number of rotatable bonds is 12. The summed E-state index contributed by atoms with van der Waals surface area (Å²) in [6.45, 7) is 6.07. The molecule has 0 heterocycles. The second-order valence-corrected chi connectivity index (χ2v) is 12.5. The molecule has 9 heteroatoms. The van der Waals surface area contributed by atoms with E-state index in [2.05, 4.69) is 27.9 Å². The summed E-state index contributed by atoms with van der Waals surface area (Å²) in [4.78, 5) is 28.7. The molecule has 0 aromatic heterocycles. The van der Waals surface area contributed by atoms with Crippen molar-refractivity contribution in [2.24, 2.45) is 5.92 Å². The van der Waals surface area contributed by atoms with Crippen molar-refractivity contribution in [3.63, 3.8) is 0 Å². The molecule has 0 bridgehead atoms. The third kappa shape index (κ3) is 7.80. The molecule has 0 saturated heterocycles. The van der Waals surface area contributed by atoms with Gasteiger partial charge in [0, 0.05) is 16.7 Å². The Bertz CT molecular complexity index is 1300. The minimum absolute atomic E-state index is 0.0858. The van der Waals surface area contributed by atoms with Crippen LogP contribution in [0.4, 0.5) is 5.69 Å². The number of hydrogen-bond acceptors (Lipinski definition) is 4. The van der Waals surface area contributed by atoms with Crippen LogP contribution in [-0.2, 0) is 26.2 Å². The molecule has 7 nitrogen and oxygen atoms in total. The number of benzene rings is 3. The fourth-order valence-electron chi connectivity index (χ4n) is 3.98. The van der Waals surface area contributed by atoms with Crippen LogP contribution in [0.1, 0.15) is 32.8 Å². The van der Waals surface area contributed by atoms with Gasteiger partial charge in [-0.15, -0.1) is 0 Å². The fraction of sp³-hybridized carbons (Fsp3) is 0.310. The first-order valence-electron chi connectivity index (χ1n) is 12.6. The van der Waals surface area contributed by atoms with E-state index in [0.717, 1.165) is 13.4 Å². The number of hydrogen-bond donors (Lipinski definition) is 1. The SMILES string of the molecule is CC[C@H](C(=O)NCC(C)C)N(Cc1ccccc1)C(=O)CN(c1ccc(I)cc1)S(=O)(=O)c1ccccc1. The number of sulfonamides is 1. The van der Waals surface area contributed by atoms with Crippen LogP contribution >= 0.6 is 22.6 Å². The van der Waals surface area contributed by atoms with Gasteiger partial charge in [0.05, 0.1) is 10.6 Å². The van der Waals surface area contributed by atoms with E-state index in [0.29, 0.717) is 18.7 Å². The molecule has 0 aliphatic carbocycles. The summed E-state index contributed by atoms with van der Waals surface area (Å²) in [7, 11) is -4.06. The van der Waals surface area contributed by atoms with E-state index >= 15 is 0 Å². The van der Waals surface area contributed by atoms with E-state index < -0.39 is 28.5 Å². The number of nitrogens with zero attached hydrogens (tertiary/aromatic N) is 2. The highest BCUT2D eigenvalue weighted by atomic mass is 127. The maximum Gasteiger partial charge on any atom is 0.264 e. The molecule has 0 radical (unpaired) electrons. The minimum atomic E-state index is -4.06. The van der Waals surface area contributed by atoms with Crippen molar-refractivity contribution in [3.8, 4) is 0 Å². The summed E-state index contributed by atoms with van der Waals surface area (Å²) in [5.41, 5.74) is 1.22. The summed E-state index contributed by atoms with van der Waals surface area (Å²) in [6, 6.07) is 23.7.